The van der Waals surface area contributed by atoms with Gasteiger partial charge in [0.2, 0.25) is 0 Å². The fourth-order valence-corrected chi connectivity index (χ4v) is 6.90. The summed E-state index contributed by atoms with van der Waals surface area (Å²) in [5.74, 6) is -2.02. The molecular weight excluding hydrogens is 640 g/mol. The number of carbonyl (C=O) groups is 1. The summed E-state index contributed by atoms with van der Waals surface area (Å²) in [5, 5.41) is 22.1. The van der Waals surface area contributed by atoms with E-state index < -0.39 is 23.6 Å². The Morgan fingerprint density at radius 2 is 1.88 bits per heavy atom. The van der Waals surface area contributed by atoms with Crippen LogP contribution in [0.4, 0.5) is 14.6 Å². The molecule has 1 amide bonds. The Balaban J connectivity index is 1.27. The Morgan fingerprint density at radius 3 is 2.66 bits per heavy atom. The second kappa shape index (κ2) is 14.1. The van der Waals surface area contributed by atoms with Crippen LogP contribution in [0.15, 0.2) is 78.8 Å². The summed E-state index contributed by atoms with van der Waals surface area (Å²) >= 11 is 0. The average Bonchev–Trinajstić information content (AvgIpc) is 3.54. The van der Waals surface area contributed by atoms with Gasteiger partial charge >= 0.3 is 6.01 Å². The summed E-state index contributed by atoms with van der Waals surface area (Å²) in [6, 6.07) is 20.6. The second-order valence-electron chi connectivity index (χ2n) is 12.7. The zero-order valence-corrected chi connectivity index (χ0v) is 27.5. The zero-order valence-electron chi connectivity index (χ0n) is 27.5. The molecule has 0 aliphatic carbocycles. The molecule has 0 radical (unpaired) electrons. The van der Waals surface area contributed by atoms with E-state index in [1.165, 1.54) is 17.2 Å². The van der Waals surface area contributed by atoms with Gasteiger partial charge in [-0.25, -0.2) is 8.78 Å². The number of halogens is 2. The summed E-state index contributed by atoms with van der Waals surface area (Å²) in [5.41, 5.74) is 1.10. The first-order chi connectivity index (χ1) is 24.3. The van der Waals surface area contributed by atoms with Crippen molar-refractivity contribution >= 4 is 39.5 Å². The molecule has 1 N–H and O–H groups in total. The quantitative estimate of drug-likeness (QED) is 0.195. The molecule has 50 heavy (non-hydrogen) atoms. The van der Waals surface area contributed by atoms with Gasteiger partial charge in [-0.3, -0.25) is 9.78 Å². The first-order valence-electron chi connectivity index (χ1n) is 16.6. The molecule has 2 aliphatic rings. The molecule has 5 aromatic rings. The fourth-order valence-electron chi connectivity index (χ4n) is 6.90. The Hall–Kier alpha value is -5.67. The number of phenolic OH excluding ortho intramolecular Hbond substituents is 1. The monoisotopic (exact) mass is 675 g/mol. The number of fused-ring (bicyclic) bond motifs is 2. The van der Waals surface area contributed by atoms with Gasteiger partial charge in [0.25, 0.3) is 5.91 Å². The van der Waals surface area contributed by atoms with E-state index >= 15 is 8.78 Å². The number of aromatic nitrogens is 3. The summed E-state index contributed by atoms with van der Waals surface area (Å²) < 4.78 is 38.1. The number of phenols is 1. The number of likely N-dealkylation sites (tertiary alicyclic amines) is 1. The molecule has 2 atom stereocenters. The molecule has 10 nitrogen and oxygen atoms in total. The van der Waals surface area contributed by atoms with Crippen LogP contribution >= 0.6 is 0 Å². The normalized spacial score (nSPS) is 18.5. The van der Waals surface area contributed by atoms with Crippen LogP contribution in [0.2, 0.25) is 0 Å². The van der Waals surface area contributed by atoms with Crippen LogP contribution in [0.3, 0.4) is 0 Å². The van der Waals surface area contributed by atoms with Crippen molar-refractivity contribution in [3.05, 3.63) is 90.3 Å². The molecule has 2 fully saturated rings. The van der Waals surface area contributed by atoms with E-state index in [4.69, 9.17) is 9.72 Å². The lowest BCUT2D eigenvalue weighted by molar-refractivity contribution is -0.131. The minimum absolute atomic E-state index is 0.00398. The maximum absolute atomic E-state index is 16.8. The number of carbonyl (C=O) groups excluding carboxylic acids is 1. The van der Waals surface area contributed by atoms with Gasteiger partial charge in [-0.2, -0.15) is 15.2 Å². The van der Waals surface area contributed by atoms with Crippen LogP contribution in [0.25, 0.3) is 38.9 Å². The van der Waals surface area contributed by atoms with Gasteiger partial charge in [0.05, 0.1) is 24.2 Å². The summed E-state index contributed by atoms with van der Waals surface area (Å²) in [6.45, 7) is 1.75. The van der Waals surface area contributed by atoms with Crippen LogP contribution in [0.1, 0.15) is 25.0 Å². The van der Waals surface area contributed by atoms with Crippen molar-refractivity contribution < 1.29 is 23.4 Å². The Bertz CT molecular complexity index is 2140. The van der Waals surface area contributed by atoms with Gasteiger partial charge in [0, 0.05) is 48.9 Å². The largest absolute Gasteiger partial charge is 0.508 e. The number of ether oxygens (including phenoxy) is 1. The Labute approximate surface area is 287 Å². The van der Waals surface area contributed by atoms with Crippen LogP contribution < -0.4 is 9.64 Å². The minimum Gasteiger partial charge on any atom is -0.508 e. The van der Waals surface area contributed by atoms with Gasteiger partial charge in [0.1, 0.15) is 23.7 Å². The van der Waals surface area contributed by atoms with Crippen molar-refractivity contribution in [3.63, 3.8) is 0 Å². The maximum Gasteiger partial charge on any atom is 0.319 e. The van der Waals surface area contributed by atoms with E-state index in [1.807, 2.05) is 36.2 Å². The van der Waals surface area contributed by atoms with Crippen LogP contribution in [-0.2, 0) is 4.79 Å². The number of benzene rings is 3. The highest BCUT2D eigenvalue weighted by Gasteiger charge is 2.34. The molecule has 12 heteroatoms. The number of amides is 1. The molecule has 0 spiro atoms. The van der Waals surface area contributed by atoms with Crippen LogP contribution in [0.5, 0.6) is 11.8 Å². The topological polar surface area (TPSA) is 119 Å². The lowest BCUT2D eigenvalue weighted by Gasteiger charge is -2.41. The van der Waals surface area contributed by atoms with E-state index in [0.717, 1.165) is 36.2 Å². The molecule has 2 saturated heterocycles. The number of hydrogen-bond donors (Lipinski definition) is 1. The number of nitriles is 1. The fraction of sp³-hybridized carbons (Fsp3) is 0.289. The number of anilines is 1. The van der Waals surface area contributed by atoms with Crippen molar-refractivity contribution in [2.75, 3.05) is 44.7 Å². The molecule has 2 aromatic heterocycles. The van der Waals surface area contributed by atoms with Gasteiger partial charge in [-0.05, 0) is 73.1 Å². The van der Waals surface area contributed by atoms with E-state index in [-0.39, 0.29) is 54.9 Å². The molecule has 2 aliphatic heterocycles. The highest BCUT2D eigenvalue weighted by molar-refractivity contribution is 6.01. The molecule has 1 unspecified atom stereocenters. The third-order valence-electron chi connectivity index (χ3n) is 9.52. The zero-order chi connectivity index (χ0) is 34.8. The molecule has 254 valence electrons. The van der Waals surface area contributed by atoms with Crippen LogP contribution in [0, 0.1) is 17.1 Å². The van der Waals surface area contributed by atoms with Crippen molar-refractivity contribution in [1.29, 1.82) is 5.26 Å². The van der Waals surface area contributed by atoms with Gasteiger partial charge in [-0.15, -0.1) is 0 Å². The third kappa shape index (κ3) is 6.52. The number of piperazine rings is 1. The summed E-state index contributed by atoms with van der Waals surface area (Å²) in [6.07, 6.45) is 4.54. The molecule has 7 rings (SSSR count). The smallest absolute Gasteiger partial charge is 0.319 e. The van der Waals surface area contributed by atoms with Crippen molar-refractivity contribution in [1.82, 2.24) is 24.8 Å². The van der Waals surface area contributed by atoms with Crippen molar-refractivity contribution in [3.8, 4) is 29.0 Å². The SMILES string of the molecule is CN1CCC[C@H]1COc1nc(N2CCN(C(=O)/C(F)=C/c3ccccn3)C(CC#N)C2)c2ccc(-c3cc(O)cc4ccccc34)c(F)c2n1. The third-order valence-corrected chi connectivity index (χ3v) is 9.52. The minimum atomic E-state index is -0.978. The number of pyridine rings is 1. The number of aromatic hydroxyl groups is 1. The lowest BCUT2D eigenvalue weighted by atomic mass is 9.96. The van der Waals surface area contributed by atoms with Gasteiger partial charge in [0.15, 0.2) is 11.6 Å². The predicted molar refractivity (Wildman–Crippen MR) is 187 cm³/mol. The van der Waals surface area contributed by atoms with E-state index in [9.17, 15) is 15.2 Å². The highest BCUT2D eigenvalue weighted by Crippen LogP contribution is 2.38. The molecule has 3 aromatic carbocycles. The van der Waals surface area contributed by atoms with E-state index in [1.54, 1.807) is 36.4 Å². The predicted octanol–water partition coefficient (Wildman–Crippen LogP) is 6.10. The van der Waals surface area contributed by atoms with E-state index in [2.05, 4.69) is 20.9 Å². The molecule has 0 saturated carbocycles. The van der Waals surface area contributed by atoms with Crippen molar-refractivity contribution in [2.24, 2.45) is 0 Å². The van der Waals surface area contributed by atoms with Gasteiger partial charge in [-0.1, -0.05) is 36.4 Å². The molecular formula is C38H35F2N7O3. The summed E-state index contributed by atoms with van der Waals surface area (Å²) in [7, 11) is 2.03. The summed E-state index contributed by atoms with van der Waals surface area (Å²) in [4.78, 5) is 32.1. The highest BCUT2D eigenvalue weighted by atomic mass is 19.1. The Kier molecular flexibility index (Phi) is 9.23. The number of hydrogen-bond acceptors (Lipinski definition) is 9. The maximum atomic E-state index is 16.8. The first kappa shape index (κ1) is 32.9. The number of likely N-dealkylation sites (N-methyl/N-ethyl adjacent to an activating group) is 1. The number of rotatable bonds is 8. The molecule has 4 heterocycles. The van der Waals surface area contributed by atoms with Crippen LogP contribution in [-0.4, -0.2) is 87.7 Å². The molecule has 0 bridgehead atoms. The van der Waals surface area contributed by atoms with Crippen molar-refractivity contribution in [2.45, 2.75) is 31.3 Å². The number of nitrogens with zero attached hydrogens (tertiary/aromatic N) is 7. The average molecular weight is 676 g/mol. The lowest BCUT2D eigenvalue weighted by Crippen LogP contribution is -2.55. The first-order valence-corrected chi connectivity index (χ1v) is 16.6. The second-order valence-corrected chi connectivity index (χ2v) is 12.7. The van der Waals surface area contributed by atoms with Gasteiger partial charge < -0.3 is 24.5 Å². The Morgan fingerprint density at radius 1 is 1.04 bits per heavy atom. The standard InChI is InChI=1S/C38H35F2N7O3/c1-45-16-6-9-27(45)23-50-38-43-35-31(12-11-30(34(35)40)32-21-28(48)19-24-7-2-3-10-29(24)32)36(44-38)46-17-18-47(26(22-46)13-14-41)37(49)33(39)20-25-8-4-5-15-42-25/h2-5,7-8,10-12,15,19-21,26-27,48H,6,9,13,16-18,22-23H2,1H3/b33-20-/t26?,27-/m0/s1. The van der Waals surface area contributed by atoms with E-state index in [0.29, 0.717) is 29.1 Å².